The number of hydrogen-bond donors (Lipinski definition) is 2. The van der Waals surface area contributed by atoms with E-state index in [4.69, 9.17) is 10.1 Å². The zero-order valence-electron chi connectivity index (χ0n) is 12.7. The van der Waals surface area contributed by atoms with Crippen molar-refractivity contribution < 1.29 is 9.90 Å². The Bertz CT molecular complexity index is 1000. The SMILES string of the molecule is O=C(O)N1CCC(c2cc(=O)n3[nH]c4cccc(Br)c4c3n2)CC1. The Labute approximate surface area is 145 Å². The fourth-order valence-corrected chi connectivity index (χ4v) is 3.86. The number of carboxylic acid groups (broad SMARTS) is 1. The highest BCUT2D eigenvalue weighted by molar-refractivity contribution is 9.10. The number of fused-ring (bicyclic) bond motifs is 3. The van der Waals surface area contributed by atoms with Gasteiger partial charge < -0.3 is 10.0 Å². The van der Waals surface area contributed by atoms with Crippen molar-refractivity contribution in [3.05, 3.63) is 44.8 Å². The maximum absolute atomic E-state index is 12.5. The molecule has 1 aliphatic rings. The molecule has 1 saturated heterocycles. The zero-order valence-corrected chi connectivity index (χ0v) is 14.3. The number of piperidine rings is 1. The van der Waals surface area contributed by atoms with Crippen molar-refractivity contribution in [3.63, 3.8) is 0 Å². The molecule has 1 fully saturated rings. The molecule has 0 spiro atoms. The molecule has 2 aromatic heterocycles. The minimum atomic E-state index is -0.891. The molecule has 124 valence electrons. The Kier molecular flexibility index (Phi) is 3.56. The molecule has 1 amide bonds. The third-order valence-corrected chi connectivity index (χ3v) is 5.25. The average Bonchev–Trinajstić information content (AvgIpc) is 2.95. The molecule has 3 aromatic rings. The predicted molar refractivity (Wildman–Crippen MR) is 92.6 cm³/mol. The van der Waals surface area contributed by atoms with Crippen LogP contribution in [0.2, 0.25) is 0 Å². The van der Waals surface area contributed by atoms with Gasteiger partial charge in [0.15, 0.2) is 5.65 Å². The lowest BCUT2D eigenvalue weighted by molar-refractivity contribution is 0.131. The van der Waals surface area contributed by atoms with Gasteiger partial charge in [-0.3, -0.25) is 9.89 Å². The Morgan fingerprint density at radius 3 is 2.79 bits per heavy atom. The number of aromatic amines is 1. The smallest absolute Gasteiger partial charge is 0.407 e. The van der Waals surface area contributed by atoms with Gasteiger partial charge in [0.25, 0.3) is 5.56 Å². The van der Waals surface area contributed by atoms with Crippen LogP contribution in [0.15, 0.2) is 33.5 Å². The summed E-state index contributed by atoms with van der Waals surface area (Å²) < 4.78 is 2.33. The fraction of sp³-hybridized carbons (Fsp3) is 0.312. The number of likely N-dealkylation sites (tertiary alicyclic amines) is 1. The van der Waals surface area contributed by atoms with Gasteiger partial charge in [-0.15, -0.1) is 0 Å². The Balaban J connectivity index is 1.79. The number of rotatable bonds is 1. The Morgan fingerprint density at radius 2 is 2.08 bits per heavy atom. The standard InChI is InChI=1S/C16H15BrN4O3/c17-10-2-1-3-11-14(10)15-18-12(8-13(22)21(15)19-11)9-4-6-20(7-5-9)16(23)24/h1-3,8-9,19H,4-7H2,(H,23,24). The van der Waals surface area contributed by atoms with Crippen LogP contribution in [0.25, 0.3) is 16.6 Å². The minimum absolute atomic E-state index is 0.103. The second kappa shape index (κ2) is 5.62. The maximum Gasteiger partial charge on any atom is 0.407 e. The van der Waals surface area contributed by atoms with Crippen molar-refractivity contribution in [1.82, 2.24) is 19.5 Å². The van der Waals surface area contributed by atoms with Gasteiger partial charge in [0.1, 0.15) is 0 Å². The van der Waals surface area contributed by atoms with E-state index in [1.807, 2.05) is 18.2 Å². The van der Waals surface area contributed by atoms with Crippen LogP contribution in [-0.4, -0.2) is 43.8 Å². The van der Waals surface area contributed by atoms with E-state index in [-0.39, 0.29) is 11.5 Å². The maximum atomic E-state index is 12.5. The van der Waals surface area contributed by atoms with E-state index in [0.717, 1.165) is 21.1 Å². The number of hydrogen-bond acceptors (Lipinski definition) is 3. The molecule has 0 aliphatic carbocycles. The summed E-state index contributed by atoms with van der Waals surface area (Å²) in [4.78, 5) is 29.6. The monoisotopic (exact) mass is 390 g/mol. The fourth-order valence-electron chi connectivity index (χ4n) is 3.32. The number of amides is 1. The largest absolute Gasteiger partial charge is 0.465 e. The van der Waals surface area contributed by atoms with Gasteiger partial charge in [-0.1, -0.05) is 6.07 Å². The van der Waals surface area contributed by atoms with Crippen LogP contribution in [0, 0.1) is 0 Å². The first-order valence-corrected chi connectivity index (χ1v) is 8.51. The van der Waals surface area contributed by atoms with E-state index >= 15 is 0 Å². The van der Waals surface area contributed by atoms with Crippen molar-refractivity contribution in [3.8, 4) is 0 Å². The number of halogens is 1. The summed E-state index contributed by atoms with van der Waals surface area (Å²) in [6.45, 7) is 0.942. The molecular formula is C16H15BrN4O3. The molecule has 1 aromatic carbocycles. The van der Waals surface area contributed by atoms with E-state index < -0.39 is 6.09 Å². The van der Waals surface area contributed by atoms with Crippen molar-refractivity contribution in [2.24, 2.45) is 0 Å². The summed E-state index contributed by atoms with van der Waals surface area (Å²) >= 11 is 3.52. The average molecular weight is 391 g/mol. The van der Waals surface area contributed by atoms with Crippen LogP contribution in [0.3, 0.4) is 0 Å². The van der Waals surface area contributed by atoms with Gasteiger partial charge in [0.2, 0.25) is 0 Å². The number of nitrogens with zero attached hydrogens (tertiary/aromatic N) is 3. The van der Waals surface area contributed by atoms with Crippen LogP contribution in [0.5, 0.6) is 0 Å². The van der Waals surface area contributed by atoms with Gasteiger partial charge in [-0.05, 0) is 40.9 Å². The third kappa shape index (κ3) is 2.37. The zero-order chi connectivity index (χ0) is 16.8. The van der Waals surface area contributed by atoms with Crippen molar-refractivity contribution in [1.29, 1.82) is 0 Å². The highest BCUT2D eigenvalue weighted by Crippen LogP contribution is 2.29. The van der Waals surface area contributed by atoms with Gasteiger partial charge >= 0.3 is 6.09 Å². The molecule has 0 bridgehead atoms. The Morgan fingerprint density at radius 1 is 1.33 bits per heavy atom. The molecule has 2 N–H and O–H groups in total. The van der Waals surface area contributed by atoms with Crippen molar-refractivity contribution in [2.45, 2.75) is 18.8 Å². The molecular weight excluding hydrogens is 376 g/mol. The first-order chi connectivity index (χ1) is 11.5. The topological polar surface area (TPSA) is 90.7 Å². The lowest BCUT2D eigenvalue weighted by Gasteiger charge is -2.29. The number of aromatic nitrogens is 3. The van der Waals surface area contributed by atoms with Crippen LogP contribution in [0.1, 0.15) is 24.5 Å². The summed E-state index contributed by atoms with van der Waals surface area (Å²) in [5, 5.41) is 13.0. The van der Waals surface area contributed by atoms with E-state index in [1.54, 1.807) is 6.07 Å². The van der Waals surface area contributed by atoms with Gasteiger partial charge in [0, 0.05) is 29.5 Å². The number of H-pyrrole nitrogens is 1. The van der Waals surface area contributed by atoms with E-state index in [0.29, 0.717) is 31.6 Å². The molecule has 0 unspecified atom stereocenters. The summed E-state index contributed by atoms with van der Waals surface area (Å²) in [6, 6.07) is 7.27. The van der Waals surface area contributed by atoms with Gasteiger partial charge in [-0.25, -0.2) is 14.3 Å². The first kappa shape index (κ1) is 15.2. The molecule has 8 heteroatoms. The third-order valence-electron chi connectivity index (χ3n) is 4.59. The number of benzene rings is 1. The van der Waals surface area contributed by atoms with Crippen LogP contribution >= 0.6 is 15.9 Å². The first-order valence-electron chi connectivity index (χ1n) is 7.72. The second-order valence-electron chi connectivity index (χ2n) is 6.00. The molecule has 3 heterocycles. The number of nitrogens with one attached hydrogen (secondary N) is 1. The summed E-state index contributed by atoms with van der Waals surface area (Å²) in [7, 11) is 0. The van der Waals surface area contributed by atoms with Gasteiger partial charge in [-0.2, -0.15) is 0 Å². The molecule has 0 radical (unpaired) electrons. The van der Waals surface area contributed by atoms with E-state index in [2.05, 4.69) is 21.0 Å². The highest BCUT2D eigenvalue weighted by Gasteiger charge is 2.25. The predicted octanol–water partition coefficient (Wildman–Crippen LogP) is 2.80. The van der Waals surface area contributed by atoms with Crippen molar-refractivity contribution >= 4 is 38.6 Å². The summed E-state index contributed by atoms with van der Waals surface area (Å²) in [5.74, 6) is 0.103. The normalized spacial score (nSPS) is 16.1. The second-order valence-corrected chi connectivity index (χ2v) is 6.85. The van der Waals surface area contributed by atoms with E-state index in [9.17, 15) is 9.59 Å². The quantitative estimate of drug-likeness (QED) is 0.668. The van der Waals surface area contributed by atoms with Crippen LogP contribution in [-0.2, 0) is 0 Å². The molecule has 4 rings (SSSR count). The highest BCUT2D eigenvalue weighted by atomic mass is 79.9. The molecule has 1 aliphatic heterocycles. The summed E-state index contributed by atoms with van der Waals surface area (Å²) in [6.07, 6.45) is 0.467. The minimum Gasteiger partial charge on any atom is -0.465 e. The van der Waals surface area contributed by atoms with Crippen LogP contribution < -0.4 is 5.56 Å². The molecule has 24 heavy (non-hydrogen) atoms. The summed E-state index contributed by atoms with van der Waals surface area (Å²) in [5.41, 5.74) is 2.02. The van der Waals surface area contributed by atoms with E-state index in [1.165, 1.54) is 9.42 Å². The molecule has 0 saturated carbocycles. The van der Waals surface area contributed by atoms with Crippen LogP contribution in [0.4, 0.5) is 4.79 Å². The molecule has 7 nitrogen and oxygen atoms in total. The molecule has 0 atom stereocenters. The van der Waals surface area contributed by atoms with Crippen molar-refractivity contribution in [2.75, 3.05) is 13.1 Å². The van der Waals surface area contributed by atoms with Gasteiger partial charge in [0.05, 0.1) is 16.6 Å². The number of carbonyl (C=O) groups is 1. The lowest BCUT2D eigenvalue weighted by Crippen LogP contribution is -2.37. The Hall–Kier alpha value is -2.35. The lowest BCUT2D eigenvalue weighted by atomic mass is 9.93.